The maximum absolute atomic E-state index is 5.31. The summed E-state index contributed by atoms with van der Waals surface area (Å²) in [6, 6.07) is 58.6. The van der Waals surface area contributed by atoms with Gasteiger partial charge in [-0.25, -0.2) is 9.97 Å². The molecular weight excluding hydrogens is 705 g/mol. The first-order valence-corrected chi connectivity index (χ1v) is 20.3. The topological polar surface area (TPSA) is 34.0 Å². The Hall–Kier alpha value is -7.04. The molecule has 4 nitrogen and oxygen atoms in total. The lowest BCUT2D eigenvalue weighted by atomic mass is 9.68. The van der Waals surface area contributed by atoms with Gasteiger partial charge in [0, 0.05) is 39.5 Å². The minimum atomic E-state index is -0.265. The average molecular weight is 747 g/mol. The molecule has 2 aromatic heterocycles. The molecule has 8 aromatic rings. The number of hydrogen-bond acceptors (Lipinski definition) is 3. The fraction of sp³-hybridized carbons (Fsp3) is 0.111. The predicted octanol–water partition coefficient (Wildman–Crippen LogP) is 12.9. The van der Waals surface area contributed by atoms with Crippen molar-refractivity contribution in [2.24, 2.45) is 11.3 Å². The molecule has 4 heteroatoms. The zero-order valence-corrected chi connectivity index (χ0v) is 32.4. The van der Waals surface area contributed by atoms with Crippen LogP contribution in [0.15, 0.2) is 206 Å². The molecule has 1 saturated heterocycles. The predicted molar refractivity (Wildman–Crippen MR) is 241 cm³/mol. The van der Waals surface area contributed by atoms with Gasteiger partial charge in [-0.2, -0.15) is 0 Å². The quantitative estimate of drug-likeness (QED) is 0.170. The summed E-state index contributed by atoms with van der Waals surface area (Å²) in [5.41, 5.74) is 13.7. The lowest BCUT2D eigenvalue weighted by Gasteiger charge is -2.42. The van der Waals surface area contributed by atoms with Crippen LogP contribution in [0.2, 0.25) is 0 Å². The standard InChI is InChI=1S/C54H42N4/c1-54-35-43(39-26-24-38(25-27-39)42-28-30-51-47(33-42)46-22-11-12-23-50(46)58(51)45-20-9-4-10-21-45)29-31-52(54)57(36-37-14-13-19-44(54)32-37)53-55-48(40-15-5-2-6-16-40)34-49(56-53)41-17-7-3-8-18-41/h2-31,33-35,37,52H,32,36H2,1H3. The summed E-state index contributed by atoms with van der Waals surface area (Å²) in [4.78, 5) is 13.1. The van der Waals surface area contributed by atoms with Gasteiger partial charge in [0.1, 0.15) is 0 Å². The van der Waals surface area contributed by atoms with Gasteiger partial charge in [-0.1, -0.05) is 169 Å². The van der Waals surface area contributed by atoms with Crippen LogP contribution in [-0.4, -0.2) is 27.1 Å². The molecule has 11 rings (SSSR count). The molecule has 0 spiro atoms. The van der Waals surface area contributed by atoms with Crippen molar-refractivity contribution in [2.75, 3.05) is 11.4 Å². The highest BCUT2D eigenvalue weighted by atomic mass is 15.3. The lowest BCUT2D eigenvalue weighted by molar-refractivity contribution is 0.433. The first-order chi connectivity index (χ1) is 28.6. The Morgan fingerprint density at radius 2 is 1.19 bits per heavy atom. The molecule has 0 radical (unpaired) electrons. The molecule has 2 aliphatic carbocycles. The molecule has 6 aromatic carbocycles. The molecular formula is C54H42N4. The van der Waals surface area contributed by atoms with Gasteiger partial charge >= 0.3 is 0 Å². The summed E-state index contributed by atoms with van der Waals surface area (Å²) >= 11 is 0. The summed E-state index contributed by atoms with van der Waals surface area (Å²) < 4.78 is 2.37. The zero-order chi connectivity index (χ0) is 38.6. The maximum atomic E-state index is 5.31. The molecule has 3 atom stereocenters. The molecule has 3 unspecified atom stereocenters. The van der Waals surface area contributed by atoms with Crippen LogP contribution in [0.25, 0.3) is 66.7 Å². The second-order valence-electron chi connectivity index (χ2n) is 16.0. The van der Waals surface area contributed by atoms with E-state index in [1.807, 2.05) is 0 Å². The molecule has 2 bridgehead atoms. The van der Waals surface area contributed by atoms with Crippen LogP contribution in [-0.2, 0) is 0 Å². The van der Waals surface area contributed by atoms with Crippen LogP contribution in [0.5, 0.6) is 0 Å². The van der Waals surface area contributed by atoms with Gasteiger partial charge in [-0.15, -0.1) is 0 Å². The number of aromatic nitrogens is 3. The third-order valence-electron chi connectivity index (χ3n) is 12.5. The maximum Gasteiger partial charge on any atom is 0.227 e. The van der Waals surface area contributed by atoms with Crippen molar-refractivity contribution in [1.29, 1.82) is 0 Å². The number of rotatable bonds is 6. The fourth-order valence-electron chi connectivity index (χ4n) is 9.52. The Balaban J connectivity index is 0.957. The van der Waals surface area contributed by atoms with E-state index in [2.05, 4.69) is 217 Å². The van der Waals surface area contributed by atoms with Crippen molar-refractivity contribution in [1.82, 2.24) is 14.5 Å². The van der Waals surface area contributed by atoms with Crippen LogP contribution < -0.4 is 4.90 Å². The minimum absolute atomic E-state index is 0.0473. The van der Waals surface area contributed by atoms with Gasteiger partial charge in [0.2, 0.25) is 5.95 Å². The Morgan fingerprint density at radius 3 is 1.91 bits per heavy atom. The van der Waals surface area contributed by atoms with Crippen molar-refractivity contribution in [3.8, 4) is 39.3 Å². The monoisotopic (exact) mass is 746 g/mol. The van der Waals surface area contributed by atoms with Crippen molar-refractivity contribution in [2.45, 2.75) is 19.4 Å². The molecule has 3 aliphatic rings. The summed E-state index contributed by atoms with van der Waals surface area (Å²) in [7, 11) is 0. The first-order valence-electron chi connectivity index (χ1n) is 20.3. The van der Waals surface area contributed by atoms with Crippen LogP contribution in [0.1, 0.15) is 18.9 Å². The van der Waals surface area contributed by atoms with Gasteiger partial charge in [0.05, 0.1) is 28.5 Å². The van der Waals surface area contributed by atoms with E-state index in [0.29, 0.717) is 5.92 Å². The number of hydrogen-bond donors (Lipinski definition) is 0. The fourth-order valence-corrected chi connectivity index (χ4v) is 9.52. The Labute approximate surface area is 339 Å². The smallest absolute Gasteiger partial charge is 0.227 e. The van der Waals surface area contributed by atoms with Crippen LogP contribution in [0.4, 0.5) is 5.95 Å². The van der Waals surface area contributed by atoms with E-state index in [1.165, 1.54) is 55.3 Å². The summed E-state index contributed by atoms with van der Waals surface area (Å²) in [6.45, 7) is 3.26. The largest absolute Gasteiger partial charge is 0.333 e. The Morgan fingerprint density at radius 1 is 0.569 bits per heavy atom. The number of anilines is 1. The van der Waals surface area contributed by atoms with Gasteiger partial charge < -0.3 is 9.47 Å². The number of para-hydroxylation sites is 2. The van der Waals surface area contributed by atoms with Crippen LogP contribution in [0, 0.1) is 11.3 Å². The molecule has 58 heavy (non-hydrogen) atoms. The Bertz CT molecular complexity index is 2900. The van der Waals surface area contributed by atoms with Gasteiger partial charge in [-0.3, -0.25) is 0 Å². The van der Waals surface area contributed by atoms with E-state index in [4.69, 9.17) is 9.97 Å². The van der Waals surface area contributed by atoms with Gasteiger partial charge in [0.25, 0.3) is 0 Å². The number of fused-ring (bicyclic) bond motifs is 7. The van der Waals surface area contributed by atoms with Crippen molar-refractivity contribution < 1.29 is 0 Å². The number of nitrogens with zero attached hydrogens (tertiary/aromatic N) is 4. The summed E-state index contributed by atoms with van der Waals surface area (Å²) in [5, 5.41) is 2.53. The van der Waals surface area contributed by atoms with Crippen molar-refractivity contribution in [3.05, 3.63) is 211 Å². The molecule has 3 heterocycles. The molecule has 0 amide bonds. The first kappa shape index (κ1) is 34.2. The highest BCUT2D eigenvalue weighted by molar-refractivity contribution is 6.10. The molecule has 1 aliphatic heterocycles. The summed E-state index contributed by atoms with van der Waals surface area (Å²) in [6.07, 6.45) is 15.2. The van der Waals surface area contributed by atoms with E-state index < -0.39 is 0 Å². The van der Waals surface area contributed by atoms with Crippen molar-refractivity contribution >= 4 is 33.3 Å². The normalized spacial score (nSPS) is 19.8. The SMILES string of the molecule is CC12C=C(c3ccc(-c4ccc5c(c4)c4ccccc4n5-c4ccccc4)cc3)C=CC1N(c1nc(-c3ccccc3)cc(-c3ccccc3)n1)CC1C=CC=C2C1. The third-order valence-corrected chi connectivity index (χ3v) is 12.5. The summed E-state index contributed by atoms with van der Waals surface area (Å²) in [5.74, 6) is 1.14. The second-order valence-corrected chi connectivity index (χ2v) is 16.0. The zero-order valence-electron chi connectivity index (χ0n) is 32.4. The van der Waals surface area contributed by atoms with Crippen LogP contribution in [0.3, 0.4) is 0 Å². The number of benzene rings is 6. The third kappa shape index (κ3) is 5.83. The highest BCUT2D eigenvalue weighted by Gasteiger charge is 2.45. The second kappa shape index (κ2) is 13.9. The average Bonchev–Trinajstić information content (AvgIpc) is 3.59. The molecule has 278 valence electrons. The van der Waals surface area contributed by atoms with E-state index >= 15 is 0 Å². The molecule has 0 N–H and O–H groups in total. The lowest BCUT2D eigenvalue weighted by Crippen LogP contribution is -2.46. The van der Waals surface area contributed by atoms with Crippen molar-refractivity contribution in [3.63, 3.8) is 0 Å². The van der Waals surface area contributed by atoms with E-state index in [-0.39, 0.29) is 11.5 Å². The number of allylic oxidation sites excluding steroid dienone is 4. The minimum Gasteiger partial charge on any atom is -0.333 e. The van der Waals surface area contributed by atoms with Gasteiger partial charge in [-0.05, 0) is 77.9 Å². The molecule has 0 saturated carbocycles. The molecule has 1 fully saturated rings. The van der Waals surface area contributed by atoms with E-state index in [9.17, 15) is 0 Å². The van der Waals surface area contributed by atoms with Gasteiger partial charge in [0.15, 0.2) is 0 Å². The van der Waals surface area contributed by atoms with E-state index in [1.54, 1.807) is 0 Å². The van der Waals surface area contributed by atoms with Crippen LogP contribution >= 0.6 is 0 Å². The van der Waals surface area contributed by atoms with E-state index in [0.717, 1.165) is 41.4 Å². The Kier molecular flexibility index (Phi) is 8.18. The highest BCUT2D eigenvalue weighted by Crippen LogP contribution is 2.49.